The lowest BCUT2D eigenvalue weighted by atomic mass is 9.97. The Morgan fingerprint density at radius 2 is 1.48 bits per heavy atom. The summed E-state index contributed by atoms with van der Waals surface area (Å²) >= 11 is 11.8. The maximum atomic E-state index is 13.1. The van der Waals surface area contributed by atoms with Gasteiger partial charge in [0.15, 0.2) is 0 Å². The van der Waals surface area contributed by atoms with Crippen LogP contribution in [0.3, 0.4) is 0 Å². The van der Waals surface area contributed by atoms with E-state index in [4.69, 9.17) is 23.2 Å². The molecular formula is C14H7Cl2F5. The van der Waals surface area contributed by atoms with Crippen molar-refractivity contribution in [3.8, 4) is 11.1 Å². The summed E-state index contributed by atoms with van der Waals surface area (Å²) in [5.41, 5.74) is -1.94. The summed E-state index contributed by atoms with van der Waals surface area (Å²) < 4.78 is 64.1. The molecule has 2 aromatic carbocycles. The Morgan fingerprint density at radius 3 is 1.95 bits per heavy atom. The van der Waals surface area contributed by atoms with E-state index in [1.165, 1.54) is 18.2 Å². The number of hydrogen-bond donors (Lipinski definition) is 0. The van der Waals surface area contributed by atoms with E-state index in [1.807, 2.05) is 0 Å². The molecule has 21 heavy (non-hydrogen) atoms. The summed E-state index contributed by atoms with van der Waals surface area (Å²) in [5.74, 6) is 0. The zero-order chi connectivity index (χ0) is 15.8. The van der Waals surface area contributed by atoms with Gasteiger partial charge in [0.2, 0.25) is 0 Å². The first-order valence-corrected chi connectivity index (χ1v) is 6.41. The fourth-order valence-corrected chi connectivity index (χ4v) is 2.50. The number of halogens is 7. The average Bonchev–Trinajstić information content (AvgIpc) is 2.37. The molecule has 0 spiro atoms. The highest BCUT2D eigenvalue weighted by molar-refractivity contribution is 6.39. The molecule has 0 atom stereocenters. The van der Waals surface area contributed by atoms with E-state index >= 15 is 0 Å². The lowest BCUT2D eigenvalue weighted by molar-refractivity contribution is -0.137. The highest BCUT2D eigenvalue weighted by Gasteiger charge is 2.32. The molecule has 112 valence electrons. The molecule has 7 heteroatoms. The molecule has 2 rings (SSSR count). The Balaban J connectivity index is 2.70. The second-order valence-corrected chi connectivity index (χ2v) is 5.01. The van der Waals surface area contributed by atoms with Gasteiger partial charge in [-0.2, -0.15) is 13.2 Å². The Morgan fingerprint density at radius 1 is 0.905 bits per heavy atom. The van der Waals surface area contributed by atoms with Crippen molar-refractivity contribution in [3.05, 3.63) is 57.6 Å². The number of rotatable bonds is 2. The minimum atomic E-state index is -4.70. The number of hydrogen-bond acceptors (Lipinski definition) is 0. The first-order chi connectivity index (χ1) is 9.71. The molecule has 0 aliphatic rings. The fraction of sp³-hybridized carbons (Fsp3) is 0.143. The van der Waals surface area contributed by atoms with Crippen LogP contribution in [0.2, 0.25) is 10.0 Å². The topological polar surface area (TPSA) is 0 Å². The smallest absolute Gasteiger partial charge is 0.205 e. The van der Waals surface area contributed by atoms with Gasteiger partial charge in [0, 0.05) is 21.2 Å². The lowest BCUT2D eigenvalue weighted by Crippen LogP contribution is -2.06. The van der Waals surface area contributed by atoms with E-state index < -0.39 is 23.7 Å². The molecule has 0 fully saturated rings. The molecule has 0 saturated heterocycles. The molecule has 0 bridgehead atoms. The van der Waals surface area contributed by atoms with Gasteiger partial charge in [-0.25, -0.2) is 8.78 Å². The van der Waals surface area contributed by atoms with E-state index in [0.717, 1.165) is 12.1 Å². The van der Waals surface area contributed by atoms with Crippen LogP contribution in [-0.2, 0) is 6.18 Å². The van der Waals surface area contributed by atoms with Gasteiger partial charge in [-0.1, -0.05) is 35.3 Å². The van der Waals surface area contributed by atoms with Crippen molar-refractivity contribution in [3.63, 3.8) is 0 Å². The van der Waals surface area contributed by atoms with E-state index in [9.17, 15) is 22.0 Å². The molecule has 0 aliphatic carbocycles. The van der Waals surface area contributed by atoms with Gasteiger partial charge in [-0.05, 0) is 29.8 Å². The Bertz CT molecular complexity index is 645. The van der Waals surface area contributed by atoms with Crippen LogP contribution in [-0.4, -0.2) is 0 Å². The van der Waals surface area contributed by atoms with E-state index in [1.54, 1.807) is 0 Å². The number of alkyl halides is 5. The monoisotopic (exact) mass is 340 g/mol. The molecule has 0 nitrogen and oxygen atoms in total. The van der Waals surface area contributed by atoms with Gasteiger partial charge < -0.3 is 0 Å². The first-order valence-electron chi connectivity index (χ1n) is 5.65. The quantitative estimate of drug-likeness (QED) is 0.539. The molecule has 0 N–H and O–H groups in total. The van der Waals surface area contributed by atoms with Crippen LogP contribution in [0, 0.1) is 0 Å². The summed E-state index contributed by atoms with van der Waals surface area (Å²) in [7, 11) is 0. The lowest BCUT2D eigenvalue weighted by Gasteiger charge is -2.15. The summed E-state index contributed by atoms with van der Waals surface area (Å²) in [5, 5.41) is 0.174. The second-order valence-electron chi connectivity index (χ2n) is 4.20. The first kappa shape index (κ1) is 16.0. The molecule has 2 aromatic rings. The molecule has 0 aromatic heterocycles. The Kier molecular flexibility index (Phi) is 4.44. The SMILES string of the molecule is FC(F)c1cc(C(F)(F)F)ccc1-c1c(Cl)cccc1Cl. The van der Waals surface area contributed by atoms with Crippen LogP contribution < -0.4 is 0 Å². The van der Waals surface area contributed by atoms with Crippen LogP contribution in [0.15, 0.2) is 36.4 Å². The standard InChI is InChI=1S/C14H7Cl2F5/c15-10-2-1-3-11(16)12(10)8-5-4-7(14(19,20)21)6-9(8)13(17)18/h1-6,13H. The van der Waals surface area contributed by atoms with Gasteiger partial charge >= 0.3 is 6.18 Å². The number of benzene rings is 2. The minimum absolute atomic E-state index is 0.0872. The summed E-state index contributed by atoms with van der Waals surface area (Å²) in [6, 6.07) is 6.46. The third-order valence-corrected chi connectivity index (χ3v) is 3.48. The second kappa shape index (κ2) is 5.81. The van der Waals surface area contributed by atoms with Crippen LogP contribution in [0.25, 0.3) is 11.1 Å². The highest BCUT2D eigenvalue weighted by Crippen LogP contribution is 2.41. The Labute approximate surface area is 127 Å². The van der Waals surface area contributed by atoms with Crippen molar-refractivity contribution < 1.29 is 22.0 Å². The molecular weight excluding hydrogens is 334 g/mol. The van der Waals surface area contributed by atoms with Gasteiger partial charge in [-0.3, -0.25) is 0 Å². The minimum Gasteiger partial charge on any atom is -0.205 e. The zero-order valence-electron chi connectivity index (χ0n) is 10.2. The highest BCUT2D eigenvalue weighted by atomic mass is 35.5. The van der Waals surface area contributed by atoms with Crippen molar-refractivity contribution in [1.82, 2.24) is 0 Å². The van der Waals surface area contributed by atoms with Crippen molar-refractivity contribution in [1.29, 1.82) is 0 Å². The molecule has 0 amide bonds. The zero-order valence-corrected chi connectivity index (χ0v) is 11.7. The summed E-state index contributed by atoms with van der Waals surface area (Å²) in [6.45, 7) is 0. The predicted octanol–water partition coefficient (Wildman–Crippen LogP) is 6.62. The van der Waals surface area contributed by atoms with Gasteiger partial charge in [0.05, 0.1) is 5.56 Å². The van der Waals surface area contributed by atoms with Crippen LogP contribution in [0.4, 0.5) is 22.0 Å². The van der Waals surface area contributed by atoms with E-state index in [-0.39, 0.29) is 21.2 Å². The van der Waals surface area contributed by atoms with Crippen LogP contribution >= 0.6 is 23.2 Å². The van der Waals surface area contributed by atoms with Gasteiger partial charge in [-0.15, -0.1) is 0 Å². The van der Waals surface area contributed by atoms with E-state index in [0.29, 0.717) is 6.07 Å². The van der Waals surface area contributed by atoms with Crippen molar-refractivity contribution in [2.45, 2.75) is 12.6 Å². The predicted molar refractivity (Wildman–Crippen MR) is 71.9 cm³/mol. The van der Waals surface area contributed by atoms with Crippen molar-refractivity contribution in [2.75, 3.05) is 0 Å². The van der Waals surface area contributed by atoms with Crippen molar-refractivity contribution >= 4 is 23.2 Å². The third kappa shape index (κ3) is 3.30. The maximum Gasteiger partial charge on any atom is 0.416 e. The van der Waals surface area contributed by atoms with E-state index in [2.05, 4.69) is 0 Å². The molecule has 0 saturated carbocycles. The normalized spacial score (nSPS) is 12.0. The van der Waals surface area contributed by atoms with Gasteiger partial charge in [0.25, 0.3) is 6.43 Å². The largest absolute Gasteiger partial charge is 0.416 e. The fourth-order valence-electron chi connectivity index (χ4n) is 1.90. The van der Waals surface area contributed by atoms with Crippen molar-refractivity contribution in [2.24, 2.45) is 0 Å². The van der Waals surface area contributed by atoms with Crippen LogP contribution in [0.1, 0.15) is 17.6 Å². The Hall–Kier alpha value is -1.33. The average molecular weight is 341 g/mol. The van der Waals surface area contributed by atoms with Gasteiger partial charge in [0.1, 0.15) is 0 Å². The third-order valence-electron chi connectivity index (χ3n) is 2.85. The molecule has 0 radical (unpaired) electrons. The molecule has 0 aliphatic heterocycles. The van der Waals surface area contributed by atoms with Crippen LogP contribution in [0.5, 0.6) is 0 Å². The molecule has 0 heterocycles. The summed E-state index contributed by atoms with van der Waals surface area (Å²) in [4.78, 5) is 0. The maximum absolute atomic E-state index is 13.1. The molecule has 0 unspecified atom stereocenters. The summed E-state index contributed by atoms with van der Waals surface area (Å²) in [6.07, 6.45) is -7.79.